The number of ketones is 1. The van der Waals surface area contributed by atoms with Crippen molar-refractivity contribution in [1.29, 1.82) is 0 Å². The normalized spacial score (nSPS) is 11.6. The Kier molecular flexibility index (Phi) is 9.37. The van der Waals surface area contributed by atoms with Crippen LogP contribution < -0.4 is 4.57 Å². The number of nitrogens with zero attached hydrogens (tertiary/aromatic N) is 2. The van der Waals surface area contributed by atoms with Crippen molar-refractivity contribution < 1.29 is 14.1 Å². The molecule has 0 saturated heterocycles. The third-order valence-corrected chi connectivity index (χ3v) is 6.01. The lowest BCUT2D eigenvalue weighted by atomic mass is 10.1. The molecule has 0 radical (unpaired) electrons. The Morgan fingerprint density at radius 1 is 1.22 bits per heavy atom. The highest BCUT2D eigenvalue weighted by Gasteiger charge is 2.20. The molecule has 0 fully saturated rings. The quantitative estimate of drug-likeness (QED) is 0.133. The van der Waals surface area contributed by atoms with E-state index in [1.54, 1.807) is 6.07 Å². The zero-order chi connectivity index (χ0) is 22.9. The van der Waals surface area contributed by atoms with Crippen LogP contribution in [0, 0.1) is 11.8 Å². The third kappa shape index (κ3) is 7.21. The molecule has 0 spiro atoms. The van der Waals surface area contributed by atoms with Gasteiger partial charge < -0.3 is 4.74 Å². The van der Waals surface area contributed by atoms with E-state index in [0.29, 0.717) is 48.1 Å². The summed E-state index contributed by atoms with van der Waals surface area (Å²) in [5, 5.41) is 1.16. The van der Waals surface area contributed by atoms with Crippen molar-refractivity contribution in [3.8, 4) is 11.8 Å². The van der Waals surface area contributed by atoms with Gasteiger partial charge in [-0.3, -0.25) is 4.79 Å². The van der Waals surface area contributed by atoms with Crippen LogP contribution in [-0.4, -0.2) is 17.0 Å². The number of carbonyl (C=O) groups is 1. The number of ether oxygens (including phenoxy) is 1. The number of carbonyl (C=O) groups excluding carboxylic acids is 1. The number of Topliss-reactive ketones (excluding diaryl/α,β-unsaturated/α-hetero) is 1. The third-order valence-electron chi connectivity index (χ3n) is 4.92. The van der Waals surface area contributed by atoms with Gasteiger partial charge in [-0.25, -0.2) is 9.13 Å². The smallest absolute Gasteiger partial charge is 0.243 e. The molecule has 1 atom stereocenters. The molecular formula is C25H24BrCl2N2O2+. The Balaban J connectivity index is 1.65. The Hall–Kier alpha value is -2.10. The Bertz CT molecular complexity index is 1120. The summed E-state index contributed by atoms with van der Waals surface area (Å²) >= 11 is 15.9. The summed E-state index contributed by atoms with van der Waals surface area (Å²) in [6.45, 7) is 3.50. The van der Waals surface area contributed by atoms with Gasteiger partial charge in [0.05, 0.1) is 13.2 Å². The molecule has 1 heterocycles. The first-order chi connectivity index (χ1) is 15.5. The largest absolute Gasteiger partial charge is 0.368 e. The number of imidazole rings is 1. The van der Waals surface area contributed by atoms with Crippen molar-refractivity contribution in [2.45, 2.75) is 39.0 Å². The molecule has 0 aliphatic rings. The number of halogens is 3. The van der Waals surface area contributed by atoms with Crippen LogP contribution in [0.4, 0.5) is 0 Å². The molecule has 0 bridgehead atoms. The first-order valence-corrected chi connectivity index (χ1v) is 11.8. The number of aromatic nitrogens is 2. The van der Waals surface area contributed by atoms with Crippen molar-refractivity contribution in [2.75, 3.05) is 6.61 Å². The highest BCUT2D eigenvalue weighted by Crippen LogP contribution is 2.29. The molecule has 166 valence electrons. The lowest BCUT2D eigenvalue weighted by Crippen LogP contribution is -2.35. The monoisotopic (exact) mass is 533 g/mol. The van der Waals surface area contributed by atoms with E-state index >= 15 is 0 Å². The molecule has 3 aromatic rings. The summed E-state index contributed by atoms with van der Waals surface area (Å²) in [6, 6.07) is 12.9. The fourth-order valence-electron chi connectivity index (χ4n) is 3.26. The molecule has 1 aromatic heterocycles. The van der Waals surface area contributed by atoms with Crippen molar-refractivity contribution in [1.82, 2.24) is 4.57 Å². The van der Waals surface area contributed by atoms with Gasteiger partial charge in [-0.2, -0.15) is 0 Å². The van der Waals surface area contributed by atoms with Gasteiger partial charge >= 0.3 is 0 Å². The molecule has 7 heteroatoms. The van der Waals surface area contributed by atoms with Gasteiger partial charge in [-0.15, -0.1) is 11.8 Å². The van der Waals surface area contributed by atoms with Crippen LogP contribution in [0.5, 0.6) is 0 Å². The van der Waals surface area contributed by atoms with Crippen LogP contribution in [0.3, 0.4) is 0 Å². The van der Waals surface area contributed by atoms with Crippen molar-refractivity contribution >= 4 is 44.9 Å². The number of aryl methyl sites for hydroxylation is 1. The van der Waals surface area contributed by atoms with Crippen LogP contribution in [0.25, 0.3) is 0 Å². The molecule has 0 saturated carbocycles. The lowest BCUT2D eigenvalue weighted by Gasteiger charge is -2.17. The highest BCUT2D eigenvalue weighted by molar-refractivity contribution is 9.10. The second kappa shape index (κ2) is 12.2. The standard InChI is InChI=1S/C25H24BrCl2N2O2/c1-2-3-4-15-32-25(22-10-9-21(27)16-23(22)28)17-30-14-13-29(18-30)12-11-24(31)19-5-7-20(26)8-6-19/h5-10,13-14,16,18,25H,4,11-12,15,17H2,1H3/q+1. The topological polar surface area (TPSA) is 35.1 Å². The summed E-state index contributed by atoms with van der Waals surface area (Å²) in [5.74, 6) is 6.01. The first-order valence-electron chi connectivity index (χ1n) is 10.3. The van der Waals surface area contributed by atoms with E-state index in [1.165, 1.54) is 0 Å². The van der Waals surface area contributed by atoms with Crippen LogP contribution in [0.1, 0.15) is 41.8 Å². The first kappa shape index (κ1) is 24.5. The second-order valence-electron chi connectivity index (χ2n) is 7.23. The van der Waals surface area contributed by atoms with Gasteiger partial charge in [0.15, 0.2) is 5.78 Å². The lowest BCUT2D eigenvalue weighted by molar-refractivity contribution is -0.704. The maximum atomic E-state index is 12.4. The van der Waals surface area contributed by atoms with Crippen molar-refractivity contribution in [3.05, 3.63) is 86.8 Å². The number of hydrogen-bond donors (Lipinski definition) is 0. The van der Waals surface area contributed by atoms with Crippen molar-refractivity contribution in [2.24, 2.45) is 0 Å². The zero-order valence-electron chi connectivity index (χ0n) is 17.7. The number of rotatable bonds is 10. The number of benzene rings is 2. The van der Waals surface area contributed by atoms with Gasteiger partial charge in [0.2, 0.25) is 6.33 Å². The predicted octanol–water partition coefficient (Wildman–Crippen LogP) is 6.29. The van der Waals surface area contributed by atoms with E-state index in [4.69, 9.17) is 27.9 Å². The van der Waals surface area contributed by atoms with E-state index in [-0.39, 0.29) is 11.9 Å². The average Bonchev–Trinajstić information content (AvgIpc) is 3.22. The summed E-state index contributed by atoms with van der Waals surface area (Å²) < 4.78 is 11.1. The molecule has 0 aliphatic carbocycles. The fourth-order valence-corrected chi connectivity index (χ4v) is 4.06. The van der Waals surface area contributed by atoms with Crippen LogP contribution in [-0.2, 0) is 17.8 Å². The Morgan fingerprint density at radius 2 is 2.00 bits per heavy atom. The van der Waals surface area contributed by atoms with E-state index < -0.39 is 0 Å². The summed E-state index contributed by atoms with van der Waals surface area (Å²) in [7, 11) is 0. The van der Waals surface area contributed by atoms with E-state index in [0.717, 1.165) is 10.0 Å². The number of hydrogen-bond acceptors (Lipinski definition) is 2. The maximum absolute atomic E-state index is 12.4. The molecule has 3 rings (SSSR count). The van der Waals surface area contributed by atoms with Crippen LogP contribution in [0.15, 0.2) is 65.7 Å². The summed E-state index contributed by atoms with van der Waals surface area (Å²) in [4.78, 5) is 12.4. The molecule has 2 aromatic carbocycles. The molecular weight excluding hydrogens is 511 g/mol. The van der Waals surface area contributed by atoms with Crippen LogP contribution in [0.2, 0.25) is 10.0 Å². The molecule has 0 N–H and O–H groups in total. The Morgan fingerprint density at radius 3 is 2.72 bits per heavy atom. The van der Waals surface area contributed by atoms with Gasteiger partial charge in [-0.1, -0.05) is 57.3 Å². The van der Waals surface area contributed by atoms with Gasteiger partial charge in [0.1, 0.15) is 25.0 Å². The molecule has 32 heavy (non-hydrogen) atoms. The van der Waals surface area contributed by atoms with E-state index in [9.17, 15) is 4.79 Å². The van der Waals surface area contributed by atoms with Crippen LogP contribution >= 0.6 is 39.1 Å². The SMILES string of the molecule is CC#CCCOC(C[n+]1ccn(CCC(=O)c2ccc(Br)cc2)c1)c1ccc(Cl)cc1Cl. The van der Waals surface area contributed by atoms with Gasteiger partial charge in [0.25, 0.3) is 0 Å². The van der Waals surface area contributed by atoms with Crippen molar-refractivity contribution in [3.63, 3.8) is 0 Å². The summed E-state index contributed by atoms with van der Waals surface area (Å²) in [5.41, 5.74) is 1.60. The summed E-state index contributed by atoms with van der Waals surface area (Å²) in [6.07, 6.45) is 6.73. The molecule has 4 nitrogen and oxygen atoms in total. The predicted molar refractivity (Wildman–Crippen MR) is 131 cm³/mol. The Labute approximate surface area is 207 Å². The average molecular weight is 535 g/mol. The maximum Gasteiger partial charge on any atom is 0.243 e. The minimum atomic E-state index is -0.247. The minimum Gasteiger partial charge on any atom is -0.368 e. The molecule has 0 amide bonds. The zero-order valence-corrected chi connectivity index (χ0v) is 20.8. The molecule has 0 aliphatic heterocycles. The fraction of sp³-hybridized carbons (Fsp3) is 0.280. The van der Waals surface area contributed by atoms with Gasteiger partial charge in [-0.05, 0) is 31.2 Å². The van der Waals surface area contributed by atoms with E-state index in [2.05, 4.69) is 27.8 Å². The highest BCUT2D eigenvalue weighted by atomic mass is 79.9. The second-order valence-corrected chi connectivity index (χ2v) is 8.99. The minimum absolute atomic E-state index is 0.115. The molecule has 1 unspecified atom stereocenters. The van der Waals surface area contributed by atoms with Gasteiger partial charge in [0, 0.05) is 38.5 Å². The van der Waals surface area contributed by atoms with E-state index in [1.807, 2.05) is 71.2 Å².